The minimum Gasteiger partial charge on any atom is -0.391 e. The largest absolute Gasteiger partial charge is 0.472 e. The van der Waals surface area contributed by atoms with Crippen molar-refractivity contribution in [1.82, 2.24) is 5.32 Å². The van der Waals surface area contributed by atoms with Crippen LogP contribution in [0.25, 0.3) is 0 Å². The van der Waals surface area contributed by atoms with Gasteiger partial charge in [0.15, 0.2) is 0 Å². The van der Waals surface area contributed by atoms with Gasteiger partial charge in [-0.25, -0.2) is 4.57 Å². The lowest BCUT2D eigenvalue weighted by Crippen LogP contribution is -2.46. The number of nitrogens with zero attached hydrogens (tertiary/aromatic N) is 1. The third-order valence-corrected chi connectivity index (χ3v) is 11.3. The van der Waals surface area contributed by atoms with Gasteiger partial charge in [0, 0.05) is 6.42 Å². The number of phosphoric acid groups is 1. The van der Waals surface area contributed by atoms with E-state index in [1.807, 2.05) is 21.1 Å². The minimum absolute atomic E-state index is 0.0679. The Labute approximate surface area is 352 Å². The Bertz CT molecular complexity index is 1070. The maximum atomic E-state index is 12.9. The molecule has 57 heavy (non-hydrogen) atoms. The molecule has 9 heteroatoms. The molecule has 334 valence electrons. The highest BCUT2D eigenvalue weighted by Gasteiger charge is 2.28. The summed E-state index contributed by atoms with van der Waals surface area (Å²) in [6, 6.07) is -0.774. The van der Waals surface area contributed by atoms with Crippen LogP contribution in [0.2, 0.25) is 0 Å². The lowest BCUT2D eigenvalue weighted by Gasteiger charge is -2.26. The van der Waals surface area contributed by atoms with Gasteiger partial charge in [-0.1, -0.05) is 191 Å². The van der Waals surface area contributed by atoms with Crippen molar-refractivity contribution >= 4 is 13.7 Å². The van der Waals surface area contributed by atoms with Gasteiger partial charge in [0.2, 0.25) is 5.91 Å². The van der Waals surface area contributed by atoms with Gasteiger partial charge in [0.05, 0.1) is 39.9 Å². The quantitative estimate of drug-likeness (QED) is 0.0245. The van der Waals surface area contributed by atoms with Crippen LogP contribution in [0.3, 0.4) is 0 Å². The summed E-state index contributed by atoms with van der Waals surface area (Å²) in [7, 11) is 1.59. The van der Waals surface area contributed by atoms with Gasteiger partial charge in [-0.2, -0.15) is 0 Å². The van der Waals surface area contributed by atoms with Gasteiger partial charge in [-0.15, -0.1) is 0 Å². The first kappa shape index (κ1) is 55.5. The molecule has 0 saturated heterocycles. The number of hydrogen-bond donors (Lipinski definition) is 3. The molecule has 0 aliphatic heterocycles. The van der Waals surface area contributed by atoms with Gasteiger partial charge in [-0.05, 0) is 51.4 Å². The summed E-state index contributed by atoms with van der Waals surface area (Å²) in [5.41, 5.74) is 0. The summed E-state index contributed by atoms with van der Waals surface area (Å²) >= 11 is 0. The van der Waals surface area contributed by atoms with Crippen molar-refractivity contribution in [3.63, 3.8) is 0 Å². The molecule has 3 atom stereocenters. The summed E-state index contributed by atoms with van der Waals surface area (Å²) in [6.07, 6.45) is 49.9. The third-order valence-electron chi connectivity index (χ3n) is 10.3. The molecule has 3 N–H and O–H groups in total. The molecule has 0 rings (SSSR count). The van der Waals surface area contributed by atoms with Gasteiger partial charge < -0.3 is 19.8 Å². The van der Waals surface area contributed by atoms with Crippen molar-refractivity contribution in [2.45, 2.75) is 212 Å². The Morgan fingerprint density at radius 1 is 0.614 bits per heavy atom. The number of unbranched alkanes of at least 4 members (excludes halogenated alkanes) is 21. The van der Waals surface area contributed by atoms with E-state index in [2.05, 4.69) is 67.8 Å². The zero-order valence-corrected chi connectivity index (χ0v) is 38.7. The topological polar surface area (TPSA) is 105 Å². The van der Waals surface area contributed by atoms with Gasteiger partial charge >= 0.3 is 7.82 Å². The molecule has 1 amide bonds. The average Bonchev–Trinajstić information content (AvgIpc) is 3.16. The van der Waals surface area contributed by atoms with Crippen molar-refractivity contribution < 1.29 is 32.9 Å². The first-order valence-corrected chi connectivity index (χ1v) is 25.0. The zero-order chi connectivity index (χ0) is 42.1. The first-order valence-electron chi connectivity index (χ1n) is 23.5. The predicted octanol–water partition coefficient (Wildman–Crippen LogP) is 13.2. The molecular weight excluding hydrogens is 732 g/mol. The Morgan fingerprint density at radius 2 is 1.05 bits per heavy atom. The van der Waals surface area contributed by atoms with E-state index in [1.54, 1.807) is 0 Å². The fourth-order valence-electron chi connectivity index (χ4n) is 6.62. The molecule has 0 aromatic heterocycles. The van der Waals surface area contributed by atoms with Crippen molar-refractivity contribution in [1.29, 1.82) is 0 Å². The number of aliphatic hydroxyl groups is 1. The van der Waals surface area contributed by atoms with Crippen LogP contribution in [0.5, 0.6) is 0 Å². The van der Waals surface area contributed by atoms with E-state index in [9.17, 15) is 19.4 Å². The van der Waals surface area contributed by atoms with Crippen LogP contribution in [-0.4, -0.2) is 73.4 Å². The van der Waals surface area contributed by atoms with Crippen molar-refractivity contribution in [3.05, 3.63) is 48.6 Å². The monoisotopic (exact) mass is 824 g/mol. The third kappa shape index (κ3) is 42.4. The SMILES string of the molecule is CC/C=C\C/C=C\C/C=C\C/C=C\CCCCCCC(=O)NC(COP(=O)(O)OCC[N+](C)(C)C)C(O)CCCCCCCCCCCCCCCCCCCC. The van der Waals surface area contributed by atoms with Crippen molar-refractivity contribution in [2.24, 2.45) is 0 Å². The number of carbonyl (C=O) groups is 1. The molecule has 0 bridgehead atoms. The number of carbonyl (C=O) groups excluding carboxylic acids is 1. The molecule has 0 fully saturated rings. The van der Waals surface area contributed by atoms with E-state index in [1.165, 1.54) is 96.3 Å². The number of phosphoric ester groups is 1. The Balaban J connectivity index is 4.38. The van der Waals surface area contributed by atoms with Gasteiger partial charge in [-0.3, -0.25) is 13.8 Å². The second-order valence-corrected chi connectivity index (χ2v) is 18.6. The fourth-order valence-corrected chi connectivity index (χ4v) is 7.36. The van der Waals surface area contributed by atoms with Crippen LogP contribution < -0.4 is 5.32 Å². The van der Waals surface area contributed by atoms with Gasteiger partial charge in [0.1, 0.15) is 13.2 Å². The number of likely N-dealkylation sites (N-methyl/N-ethyl adjacent to an activating group) is 1. The zero-order valence-electron chi connectivity index (χ0n) is 37.8. The van der Waals surface area contributed by atoms with E-state index in [0.29, 0.717) is 23.9 Å². The molecule has 0 aromatic rings. The number of quaternary nitrogens is 1. The molecule has 0 heterocycles. The van der Waals surface area contributed by atoms with Crippen LogP contribution in [-0.2, 0) is 18.4 Å². The van der Waals surface area contributed by atoms with E-state index in [4.69, 9.17) is 9.05 Å². The number of hydrogen-bond acceptors (Lipinski definition) is 5. The molecule has 0 aromatic carbocycles. The standard InChI is InChI=1S/C48H91N2O6P/c1-6-8-10-12-14-16-18-20-22-24-26-27-29-31-33-35-37-39-41-47(51)46(45-56-57(53,54)55-44-43-50(3,4)5)49-48(52)42-40-38-36-34-32-30-28-25-23-21-19-17-15-13-11-9-7-2/h9,11,15,17,21,23,28,30,46-47,51H,6-8,10,12-14,16,18-20,22,24-27,29,31-45H2,1-5H3,(H-,49,52,53,54)/p+1/b11-9-,17-15-,23-21-,30-28-. The molecule has 3 unspecified atom stereocenters. The number of aliphatic hydroxyl groups excluding tert-OH is 1. The lowest BCUT2D eigenvalue weighted by atomic mass is 10.0. The molecular formula is C48H92N2O6P+. The summed E-state index contributed by atoms with van der Waals surface area (Å²) in [4.78, 5) is 23.2. The van der Waals surface area contributed by atoms with E-state index in [0.717, 1.165) is 77.0 Å². The van der Waals surface area contributed by atoms with Crippen LogP contribution in [0, 0.1) is 0 Å². The molecule has 8 nitrogen and oxygen atoms in total. The Hall–Kier alpha value is -1.54. The van der Waals surface area contributed by atoms with E-state index in [-0.39, 0.29) is 19.1 Å². The van der Waals surface area contributed by atoms with Crippen LogP contribution in [0.1, 0.15) is 200 Å². The molecule has 0 aliphatic carbocycles. The summed E-state index contributed by atoms with van der Waals surface area (Å²) in [5, 5.41) is 14.0. The molecule has 0 aliphatic rings. The van der Waals surface area contributed by atoms with Crippen LogP contribution in [0.15, 0.2) is 48.6 Å². The fraction of sp³-hybridized carbons (Fsp3) is 0.812. The smallest absolute Gasteiger partial charge is 0.391 e. The number of amides is 1. The average molecular weight is 824 g/mol. The second kappa shape index (κ2) is 39.9. The lowest BCUT2D eigenvalue weighted by molar-refractivity contribution is -0.870. The second-order valence-electron chi connectivity index (χ2n) is 17.1. The summed E-state index contributed by atoms with van der Waals surface area (Å²) < 4.78 is 23.6. The van der Waals surface area contributed by atoms with Gasteiger partial charge in [0.25, 0.3) is 0 Å². The highest BCUT2D eigenvalue weighted by molar-refractivity contribution is 7.47. The first-order chi connectivity index (χ1) is 27.5. The Morgan fingerprint density at radius 3 is 1.54 bits per heavy atom. The summed E-state index contributed by atoms with van der Waals surface area (Å²) in [6.45, 7) is 4.76. The van der Waals surface area contributed by atoms with E-state index >= 15 is 0 Å². The normalized spacial score (nSPS) is 14.7. The van der Waals surface area contributed by atoms with Crippen molar-refractivity contribution in [3.8, 4) is 0 Å². The maximum absolute atomic E-state index is 12.9. The maximum Gasteiger partial charge on any atom is 0.472 e. The summed E-state index contributed by atoms with van der Waals surface area (Å²) in [5.74, 6) is -0.168. The number of nitrogens with one attached hydrogen (secondary N) is 1. The molecule has 0 spiro atoms. The molecule has 0 radical (unpaired) electrons. The van der Waals surface area contributed by atoms with E-state index < -0.39 is 20.0 Å². The number of rotatable bonds is 42. The molecule has 0 saturated carbocycles. The predicted molar refractivity (Wildman–Crippen MR) is 244 cm³/mol. The minimum atomic E-state index is -4.32. The highest BCUT2D eigenvalue weighted by Crippen LogP contribution is 2.43. The van der Waals surface area contributed by atoms with Crippen LogP contribution >= 0.6 is 7.82 Å². The van der Waals surface area contributed by atoms with Crippen molar-refractivity contribution in [2.75, 3.05) is 40.9 Å². The highest BCUT2D eigenvalue weighted by atomic mass is 31.2. The van der Waals surface area contributed by atoms with Crippen LogP contribution in [0.4, 0.5) is 0 Å². The number of allylic oxidation sites excluding steroid dienone is 8. The Kier molecular flexibility index (Phi) is 38.8.